The van der Waals surface area contributed by atoms with Gasteiger partial charge in [0, 0.05) is 6.61 Å². The van der Waals surface area contributed by atoms with Crippen molar-refractivity contribution in [3.05, 3.63) is 0 Å². The molecule has 1 rings (SSSR count). The number of carbonyl (C=O) groups excluding carboxylic acids is 1. The number of alkyl halides is 1. The molecule has 1 aliphatic heterocycles. The lowest BCUT2D eigenvalue weighted by Gasteiger charge is -2.24. The second-order valence-electron chi connectivity index (χ2n) is 6.00. The summed E-state index contributed by atoms with van der Waals surface area (Å²) in [7, 11) is 0. The van der Waals surface area contributed by atoms with Crippen LogP contribution in [0, 0.1) is 23.7 Å². The molecule has 0 aliphatic carbocycles. The fourth-order valence-corrected chi connectivity index (χ4v) is 3.20. The smallest absolute Gasteiger partial charge is 0.309 e. The van der Waals surface area contributed by atoms with Gasteiger partial charge >= 0.3 is 5.97 Å². The molecule has 0 aromatic rings. The van der Waals surface area contributed by atoms with E-state index in [2.05, 4.69) is 43.6 Å². The summed E-state index contributed by atoms with van der Waals surface area (Å²) in [4.78, 5) is 11.9. The third-order valence-corrected chi connectivity index (χ3v) is 4.93. The summed E-state index contributed by atoms with van der Waals surface area (Å²) in [6, 6.07) is 0. The zero-order chi connectivity index (χ0) is 13.9. The van der Waals surface area contributed by atoms with Crippen molar-refractivity contribution in [3.8, 4) is 0 Å². The molecular formula is C14H25BrO3. The first-order valence-corrected chi connectivity index (χ1v) is 7.73. The Bertz CT molecular complexity index is 278. The number of cyclic esters (lactones) is 1. The van der Waals surface area contributed by atoms with Crippen molar-refractivity contribution < 1.29 is 14.6 Å². The number of carbonyl (C=O) groups is 1. The molecule has 4 atom stereocenters. The number of hydrogen-bond donors (Lipinski definition) is 1. The van der Waals surface area contributed by atoms with Gasteiger partial charge in [-0.15, -0.1) is 0 Å². The van der Waals surface area contributed by atoms with Crippen LogP contribution in [0.1, 0.15) is 40.5 Å². The van der Waals surface area contributed by atoms with E-state index in [1.165, 1.54) is 0 Å². The molecule has 106 valence electrons. The summed E-state index contributed by atoms with van der Waals surface area (Å²) >= 11 is 3.63. The van der Waals surface area contributed by atoms with Gasteiger partial charge in [0.1, 0.15) is 6.10 Å². The molecule has 0 radical (unpaired) electrons. The molecule has 0 saturated carbocycles. The second kappa shape index (κ2) is 6.90. The van der Waals surface area contributed by atoms with Gasteiger partial charge in [-0.05, 0) is 30.6 Å². The number of ether oxygens (including phenoxy) is 1. The first-order valence-electron chi connectivity index (χ1n) is 6.82. The molecule has 4 heteroatoms. The fourth-order valence-electron chi connectivity index (χ4n) is 2.40. The van der Waals surface area contributed by atoms with Crippen molar-refractivity contribution >= 4 is 21.9 Å². The lowest BCUT2D eigenvalue weighted by Crippen LogP contribution is -2.26. The Morgan fingerprint density at radius 2 is 2.00 bits per heavy atom. The maximum atomic E-state index is 11.7. The molecule has 0 aromatic heterocycles. The Hall–Kier alpha value is -0.0900. The van der Waals surface area contributed by atoms with Gasteiger partial charge < -0.3 is 9.84 Å². The number of aliphatic hydroxyl groups excluding tert-OH is 1. The lowest BCUT2D eigenvalue weighted by molar-refractivity contribution is -0.145. The summed E-state index contributed by atoms with van der Waals surface area (Å²) in [6.07, 6.45) is 1.59. The second-order valence-corrected chi connectivity index (χ2v) is 7.18. The molecule has 1 N–H and O–H groups in total. The minimum absolute atomic E-state index is 0.0293. The zero-order valence-electron chi connectivity index (χ0n) is 11.7. The minimum atomic E-state index is -0.0652. The third kappa shape index (κ3) is 3.95. The van der Waals surface area contributed by atoms with Crippen LogP contribution in [0.4, 0.5) is 0 Å². The minimum Gasteiger partial charge on any atom is -0.461 e. The Balaban J connectivity index is 2.53. The lowest BCUT2D eigenvalue weighted by atomic mass is 9.88. The van der Waals surface area contributed by atoms with Crippen molar-refractivity contribution in [2.24, 2.45) is 23.7 Å². The number of halogens is 1. The molecule has 1 saturated heterocycles. The van der Waals surface area contributed by atoms with Crippen molar-refractivity contribution in [1.29, 1.82) is 0 Å². The van der Waals surface area contributed by atoms with Crippen molar-refractivity contribution in [2.75, 3.05) is 6.61 Å². The molecule has 0 aromatic carbocycles. The molecule has 1 aliphatic rings. The Morgan fingerprint density at radius 3 is 2.39 bits per heavy atom. The van der Waals surface area contributed by atoms with Gasteiger partial charge in [-0.3, -0.25) is 4.79 Å². The van der Waals surface area contributed by atoms with Crippen LogP contribution < -0.4 is 0 Å². The van der Waals surface area contributed by atoms with Crippen molar-refractivity contribution in [2.45, 2.75) is 51.5 Å². The van der Waals surface area contributed by atoms with E-state index >= 15 is 0 Å². The molecule has 0 amide bonds. The van der Waals surface area contributed by atoms with E-state index in [9.17, 15) is 9.90 Å². The predicted molar refractivity (Wildman–Crippen MR) is 75.6 cm³/mol. The summed E-state index contributed by atoms with van der Waals surface area (Å²) in [6.45, 7) is 8.52. The van der Waals surface area contributed by atoms with E-state index in [0.717, 1.165) is 12.8 Å². The van der Waals surface area contributed by atoms with Gasteiger partial charge in [-0.1, -0.05) is 43.6 Å². The van der Waals surface area contributed by atoms with E-state index in [0.29, 0.717) is 11.8 Å². The first-order chi connectivity index (χ1) is 8.36. The topological polar surface area (TPSA) is 46.5 Å². The van der Waals surface area contributed by atoms with E-state index in [1.807, 2.05) is 0 Å². The van der Waals surface area contributed by atoms with Gasteiger partial charge in [-0.25, -0.2) is 0 Å². The number of hydrogen-bond acceptors (Lipinski definition) is 3. The standard InChI is InChI=1S/C14H25BrO3/c1-8(2)10(7-16)5-12(15)13-6-11(9(3)4)14(17)18-13/h8-13,16H,5-7H2,1-4H3/t10-,11+,12+,13+/m1/s1. The van der Waals surface area contributed by atoms with Crippen LogP contribution in [0.5, 0.6) is 0 Å². The Labute approximate surface area is 118 Å². The monoisotopic (exact) mass is 320 g/mol. The van der Waals surface area contributed by atoms with Crippen molar-refractivity contribution in [1.82, 2.24) is 0 Å². The predicted octanol–water partition coefficient (Wildman–Crippen LogP) is 2.99. The average Bonchev–Trinajstić information content (AvgIpc) is 2.67. The highest BCUT2D eigenvalue weighted by Gasteiger charge is 2.40. The van der Waals surface area contributed by atoms with Gasteiger partial charge in [-0.2, -0.15) is 0 Å². The van der Waals surface area contributed by atoms with Crippen molar-refractivity contribution in [3.63, 3.8) is 0 Å². The largest absolute Gasteiger partial charge is 0.461 e. The molecule has 3 nitrogen and oxygen atoms in total. The van der Waals surface area contributed by atoms with Gasteiger partial charge in [0.05, 0.1) is 10.7 Å². The van der Waals surface area contributed by atoms with Gasteiger partial charge in [0.2, 0.25) is 0 Å². The number of rotatable bonds is 6. The number of esters is 1. The van der Waals surface area contributed by atoms with Crippen LogP contribution in [0.3, 0.4) is 0 Å². The van der Waals surface area contributed by atoms with Crippen LogP contribution in [0.2, 0.25) is 0 Å². The molecule has 18 heavy (non-hydrogen) atoms. The maximum absolute atomic E-state index is 11.7. The quantitative estimate of drug-likeness (QED) is 0.604. The van der Waals surface area contributed by atoms with E-state index in [-0.39, 0.29) is 35.3 Å². The maximum Gasteiger partial charge on any atom is 0.309 e. The summed E-state index contributed by atoms with van der Waals surface area (Å²) in [5.74, 6) is 0.992. The summed E-state index contributed by atoms with van der Waals surface area (Å²) in [5, 5.41) is 9.35. The molecule has 0 bridgehead atoms. The van der Waals surface area contributed by atoms with Crippen LogP contribution in [0.15, 0.2) is 0 Å². The molecule has 0 unspecified atom stereocenters. The first kappa shape index (κ1) is 16.0. The van der Waals surface area contributed by atoms with E-state index in [1.54, 1.807) is 0 Å². The summed E-state index contributed by atoms with van der Waals surface area (Å²) < 4.78 is 5.45. The highest BCUT2D eigenvalue weighted by molar-refractivity contribution is 9.09. The SMILES string of the molecule is CC(C)[C@@H](CO)C[C@H](Br)[C@@H]1C[C@@H](C(C)C)C(=O)O1. The highest BCUT2D eigenvalue weighted by Crippen LogP contribution is 2.34. The Kier molecular flexibility index (Phi) is 6.12. The molecule has 0 spiro atoms. The Morgan fingerprint density at radius 1 is 1.39 bits per heavy atom. The van der Waals surface area contributed by atoms with Crippen LogP contribution in [-0.4, -0.2) is 28.6 Å². The average molecular weight is 321 g/mol. The zero-order valence-corrected chi connectivity index (χ0v) is 13.3. The van der Waals surface area contributed by atoms with E-state index in [4.69, 9.17) is 4.74 Å². The van der Waals surface area contributed by atoms with Crippen LogP contribution in [0.25, 0.3) is 0 Å². The van der Waals surface area contributed by atoms with E-state index < -0.39 is 0 Å². The van der Waals surface area contributed by atoms with Gasteiger partial charge in [0.15, 0.2) is 0 Å². The van der Waals surface area contributed by atoms with Crippen LogP contribution in [-0.2, 0) is 9.53 Å². The molecular weight excluding hydrogens is 296 g/mol. The normalized spacial score (nSPS) is 27.7. The molecule has 1 fully saturated rings. The summed E-state index contributed by atoms with van der Waals surface area (Å²) in [5.41, 5.74) is 0. The fraction of sp³-hybridized carbons (Fsp3) is 0.929. The number of aliphatic hydroxyl groups is 1. The van der Waals surface area contributed by atoms with Gasteiger partial charge in [0.25, 0.3) is 0 Å². The third-order valence-electron chi connectivity index (χ3n) is 3.97. The van der Waals surface area contributed by atoms with Crippen LogP contribution >= 0.6 is 15.9 Å². The molecule has 1 heterocycles. The highest BCUT2D eigenvalue weighted by atomic mass is 79.9.